The number of aromatic nitrogens is 2. The average Bonchev–Trinajstić information content (AvgIpc) is 2.77. The molecule has 6 heteroatoms. The largest absolute Gasteiger partial charge is 0.461 e. The van der Waals surface area contributed by atoms with Gasteiger partial charge in [0, 0.05) is 11.9 Å². The van der Waals surface area contributed by atoms with Crippen molar-refractivity contribution >= 4 is 17.7 Å². The molecule has 0 fully saturated rings. The number of esters is 1. The normalized spacial score (nSPS) is 10.4. The van der Waals surface area contributed by atoms with Crippen LogP contribution < -0.4 is 5.32 Å². The molecule has 1 amide bonds. The quantitative estimate of drug-likeness (QED) is 0.850. The Labute approximate surface area is 128 Å². The van der Waals surface area contributed by atoms with Crippen LogP contribution in [0.5, 0.6) is 0 Å². The van der Waals surface area contributed by atoms with E-state index in [-0.39, 0.29) is 12.5 Å². The van der Waals surface area contributed by atoms with E-state index in [0.29, 0.717) is 28.3 Å². The number of H-pyrrole nitrogens is 1. The standard InChI is InChI=1S/C16H19N3O3/c1-5-22-16(21)13-10(3)12(11(4)18-13)15(20)19-14-9(2)7-6-8-17-14/h6-8,18H,5H2,1-4H3,(H,17,19,20). The van der Waals surface area contributed by atoms with Gasteiger partial charge in [-0.2, -0.15) is 0 Å². The van der Waals surface area contributed by atoms with E-state index in [2.05, 4.69) is 15.3 Å². The third-order valence-electron chi connectivity index (χ3n) is 3.39. The summed E-state index contributed by atoms with van der Waals surface area (Å²) in [6.45, 7) is 7.35. The molecule has 0 spiro atoms. The Morgan fingerprint density at radius 3 is 2.68 bits per heavy atom. The number of aromatic amines is 1. The van der Waals surface area contributed by atoms with Crippen LogP contribution in [-0.4, -0.2) is 28.5 Å². The van der Waals surface area contributed by atoms with Gasteiger partial charge in [0.25, 0.3) is 5.91 Å². The second-order valence-electron chi connectivity index (χ2n) is 4.97. The van der Waals surface area contributed by atoms with E-state index in [0.717, 1.165) is 5.56 Å². The van der Waals surface area contributed by atoms with Gasteiger partial charge in [0.05, 0.1) is 12.2 Å². The van der Waals surface area contributed by atoms with E-state index in [4.69, 9.17) is 4.74 Å². The lowest BCUT2D eigenvalue weighted by atomic mass is 10.1. The lowest BCUT2D eigenvalue weighted by Gasteiger charge is -2.07. The van der Waals surface area contributed by atoms with Crippen LogP contribution in [0.1, 0.15) is 44.6 Å². The lowest BCUT2D eigenvalue weighted by Crippen LogP contribution is -2.15. The first-order chi connectivity index (χ1) is 10.5. The number of nitrogens with one attached hydrogen (secondary N) is 2. The predicted octanol–water partition coefficient (Wildman–Crippen LogP) is 2.76. The molecule has 2 rings (SSSR count). The van der Waals surface area contributed by atoms with Crippen molar-refractivity contribution in [3.05, 3.63) is 46.4 Å². The first-order valence-electron chi connectivity index (χ1n) is 7.05. The van der Waals surface area contributed by atoms with Crippen molar-refractivity contribution in [2.24, 2.45) is 0 Å². The van der Waals surface area contributed by atoms with Crippen LogP contribution in [0.15, 0.2) is 18.3 Å². The molecule has 0 aromatic carbocycles. The summed E-state index contributed by atoms with van der Waals surface area (Å²) in [5.41, 5.74) is 2.80. The molecular formula is C16H19N3O3. The second kappa shape index (κ2) is 6.43. The van der Waals surface area contributed by atoms with Crippen LogP contribution in [0.3, 0.4) is 0 Å². The number of anilines is 1. The van der Waals surface area contributed by atoms with Gasteiger partial charge in [-0.3, -0.25) is 4.79 Å². The summed E-state index contributed by atoms with van der Waals surface area (Å²) in [5, 5.41) is 2.77. The Balaban J connectivity index is 2.31. The Hall–Kier alpha value is -2.63. The molecule has 22 heavy (non-hydrogen) atoms. The summed E-state index contributed by atoms with van der Waals surface area (Å²) >= 11 is 0. The third-order valence-corrected chi connectivity index (χ3v) is 3.39. The van der Waals surface area contributed by atoms with E-state index in [1.54, 1.807) is 33.0 Å². The number of amides is 1. The number of rotatable bonds is 4. The monoisotopic (exact) mass is 301 g/mol. The Morgan fingerprint density at radius 2 is 2.05 bits per heavy atom. The van der Waals surface area contributed by atoms with Crippen molar-refractivity contribution in [1.29, 1.82) is 0 Å². The van der Waals surface area contributed by atoms with Gasteiger partial charge in [0.2, 0.25) is 0 Å². The number of pyridine rings is 1. The minimum atomic E-state index is -0.462. The van der Waals surface area contributed by atoms with Crippen LogP contribution >= 0.6 is 0 Å². The highest BCUT2D eigenvalue weighted by atomic mass is 16.5. The highest BCUT2D eigenvalue weighted by molar-refractivity contribution is 6.08. The molecule has 0 aliphatic carbocycles. The first kappa shape index (κ1) is 15.8. The molecule has 0 saturated heterocycles. The molecule has 0 radical (unpaired) electrons. The number of hydrogen-bond donors (Lipinski definition) is 2. The topological polar surface area (TPSA) is 84.1 Å². The highest BCUT2D eigenvalue weighted by Crippen LogP contribution is 2.20. The van der Waals surface area contributed by atoms with Crippen LogP contribution in [0.25, 0.3) is 0 Å². The Morgan fingerprint density at radius 1 is 1.32 bits per heavy atom. The summed E-state index contributed by atoms with van der Waals surface area (Å²) in [6.07, 6.45) is 1.61. The van der Waals surface area contributed by atoms with Crippen molar-refractivity contribution in [2.45, 2.75) is 27.7 Å². The van der Waals surface area contributed by atoms with Crippen molar-refractivity contribution in [1.82, 2.24) is 9.97 Å². The minimum Gasteiger partial charge on any atom is -0.461 e. The van der Waals surface area contributed by atoms with E-state index >= 15 is 0 Å². The summed E-state index contributed by atoms with van der Waals surface area (Å²) in [5.74, 6) is -0.259. The minimum absolute atomic E-state index is 0.283. The summed E-state index contributed by atoms with van der Waals surface area (Å²) in [6, 6.07) is 3.67. The smallest absolute Gasteiger partial charge is 0.355 e. The molecular weight excluding hydrogens is 282 g/mol. The maximum absolute atomic E-state index is 12.5. The SMILES string of the molecule is CCOC(=O)c1[nH]c(C)c(C(=O)Nc2ncccc2C)c1C. The summed E-state index contributed by atoms with van der Waals surface area (Å²) in [4.78, 5) is 31.4. The molecule has 0 atom stereocenters. The maximum atomic E-state index is 12.5. The van der Waals surface area contributed by atoms with Gasteiger partial charge in [-0.25, -0.2) is 9.78 Å². The molecule has 2 N–H and O–H groups in total. The van der Waals surface area contributed by atoms with Gasteiger partial charge in [-0.05, 0) is 44.9 Å². The summed E-state index contributed by atoms with van der Waals surface area (Å²) in [7, 11) is 0. The fourth-order valence-electron chi connectivity index (χ4n) is 2.28. The van der Waals surface area contributed by atoms with Crippen LogP contribution in [0.2, 0.25) is 0 Å². The fourth-order valence-corrected chi connectivity index (χ4v) is 2.28. The van der Waals surface area contributed by atoms with Crippen molar-refractivity contribution in [3.63, 3.8) is 0 Å². The van der Waals surface area contributed by atoms with Crippen molar-refractivity contribution in [3.8, 4) is 0 Å². The van der Waals surface area contributed by atoms with Gasteiger partial charge >= 0.3 is 5.97 Å². The van der Waals surface area contributed by atoms with Crippen LogP contribution in [0.4, 0.5) is 5.82 Å². The first-order valence-corrected chi connectivity index (χ1v) is 7.05. The molecule has 6 nitrogen and oxygen atoms in total. The van der Waals surface area contributed by atoms with Crippen molar-refractivity contribution < 1.29 is 14.3 Å². The van der Waals surface area contributed by atoms with E-state index < -0.39 is 5.97 Å². The van der Waals surface area contributed by atoms with Gasteiger partial charge in [0.1, 0.15) is 11.5 Å². The van der Waals surface area contributed by atoms with Crippen LogP contribution in [0, 0.1) is 20.8 Å². The van der Waals surface area contributed by atoms with Crippen molar-refractivity contribution in [2.75, 3.05) is 11.9 Å². The van der Waals surface area contributed by atoms with Gasteiger partial charge in [-0.15, -0.1) is 0 Å². The molecule has 0 bridgehead atoms. The number of hydrogen-bond acceptors (Lipinski definition) is 4. The fraction of sp³-hybridized carbons (Fsp3) is 0.312. The zero-order valence-corrected chi connectivity index (χ0v) is 13.1. The molecule has 0 unspecified atom stereocenters. The Kier molecular flexibility index (Phi) is 4.60. The van der Waals surface area contributed by atoms with E-state index in [1.807, 2.05) is 13.0 Å². The van der Waals surface area contributed by atoms with Gasteiger partial charge in [-0.1, -0.05) is 6.07 Å². The predicted molar refractivity (Wildman–Crippen MR) is 83.2 cm³/mol. The number of carbonyl (C=O) groups excluding carboxylic acids is 2. The molecule has 2 aromatic heterocycles. The molecule has 2 aromatic rings. The van der Waals surface area contributed by atoms with E-state index in [1.165, 1.54) is 0 Å². The zero-order valence-electron chi connectivity index (χ0n) is 13.1. The third kappa shape index (κ3) is 3.00. The maximum Gasteiger partial charge on any atom is 0.355 e. The Bertz CT molecular complexity index is 719. The molecule has 116 valence electrons. The average molecular weight is 301 g/mol. The molecule has 0 saturated carbocycles. The molecule has 2 heterocycles. The zero-order chi connectivity index (χ0) is 16.3. The number of nitrogens with zero attached hydrogens (tertiary/aromatic N) is 1. The van der Waals surface area contributed by atoms with Gasteiger partial charge < -0.3 is 15.0 Å². The number of aryl methyl sites for hydroxylation is 2. The number of carbonyl (C=O) groups is 2. The number of ether oxygens (including phenoxy) is 1. The molecule has 0 aliphatic heterocycles. The lowest BCUT2D eigenvalue weighted by molar-refractivity contribution is 0.0519. The second-order valence-corrected chi connectivity index (χ2v) is 4.97. The van der Waals surface area contributed by atoms with E-state index in [9.17, 15) is 9.59 Å². The van der Waals surface area contributed by atoms with Gasteiger partial charge in [0.15, 0.2) is 0 Å². The van der Waals surface area contributed by atoms with Crippen LogP contribution in [-0.2, 0) is 4.74 Å². The summed E-state index contributed by atoms with van der Waals surface area (Å²) < 4.78 is 4.98. The molecule has 0 aliphatic rings. The highest BCUT2D eigenvalue weighted by Gasteiger charge is 2.23.